The van der Waals surface area contributed by atoms with Crippen molar-refractivity contribution in [1.29, 1.82) is 0 Å². The van der Waals surface area contributed by atoms with Crippen LogP contribution in [0.1, 0.15) is 0 Å². The number of hydrogen-bond acceptors (Lipinski definition) is 5. The van der Waals surface area contributed by atoms with Crippen molar-refractivity contribution in [3.05, 3.63) is 0 Å². The Hall–Kier alpha value is 0.198. The van der Waals surface area contributed by atoms with E-state index >= 15 is 0 Å². The fourth-order valence-corrected chi connectivity index (χ4v) is 1.05. The summed E-state index contributed by atoms with van der Waals surface area (Å²) in [4.78, 5) is -1.42. The van der Waals surface area contributed by atoms with Crippen LogP contribution in [0, 0.1) is 0 Å². The van der Waals surface area contributed by atoms with Crippen LogP contribution >= 0.6 is 0 Å². The van der Waals surface area contributed by atoms with E-state index in [0.717, 1.165) is 0 Å². The summed E-state index contributed by atoms with van der Waals surface area (Å²) in [6.45, 7) is -0.653. The Morgan fingerprint density at radius 2 is 1.80 bits per heavy atom. The van der Waals surface area contributed by atoms with Gasteiger partial charge in [-0.15, -0.1) is 0 Å². The molecule has 0 aliphatic rings. The van der Waals surface area contributed by atoms with Gasteiger partial charge in [-0.25, -0.2) is 0 Å². The standard InChI is InChI=1S/C4H9AsO5/c6-1-2(7)3(8)4(9)5-10/h2-4,6-9H,1H2/t2-,3-,4+/m0/s1. The monoisotopic (exact) mass is 212 g/mol. The summed E-state index contributed by atoms with van der Waals surface area (Å²) >= 11 is -1.62. The van der Waals surface area contributed by atoms with Gasteiger partial charge in [-0.2, -0.15) is 0 Å². The molecule has 0 fully saturated rings. The molecule has 3 atom stereocenters. The van der Waals surface area contributed by atoms with Gasteiger partial charge < -0.3 is 0 Å². The van der Waals surface area contributed by atoms with Gasteiger partial charge in [0.25, 0.3) is 0 Å². The van der Waals surface area contributed by atoms with E-state index in [1.165, 1.54) is 0 Å². The summed E-state index contributed by atoms with van der Waals surface area (Å²) in [5, 5.41) is 34.3. The first-order valence-electron chi connectivity index (χ1n) is 2.61. The molecule has 0 radical (unpaired) electrons. The van der Waals surface area contributed by atoms with Crippen LogP contribution in [0.5, 0.6) is 0 Å². The van der Waals surface area contributed by atoms with Crippen LogP contribution in [-0.2, 0) is 3.74 Å². The van der Waals surface area contributed by atoms with Gasteiger partial charge in [0, 0.05) is 0 Å². The van der Waals surface area contributed by atoms with Crippen molar-refractivity contribution >= 4 is 15.7 Å². The van der Waals surface area contributed by atoms with Crippen LogP contribution in [0.2, 0.25) is 0 Å². The fourth-order valence-electron chi connectivity index (χ4n) is 0.369. The predicted molar refractivity (Wildman–Crippen MR) is 31.5 cm³/mol. The molecule has 60 valence electrons. The van der Waals surface area contributed by atoms with E-state index < -0.39 is 39.4 Å². The zero-order valence-corrected chi connectivity index (χ0v) is 6.96. The van der Waals surface area contributed by atoms with Crippen molar-refractivity contribution in [2.24, 2.45) is 0 Å². The van der Waals surface area contributed by atoms with Gasteiger partial charge in [-0.05, 0) is 0 Å². The summed E-state index contributed by atoms with van der Waals surface area (Å²) < 4.78 is 9.98. The van der Waals surface area contributed by atoms with Gasteiger partial charge >= 0.3 is 63.6 Å². The Kier molecular flexibility index (Phi) is 5.03. The van der Waals surface area contributed by atoms with Crippen LogP contribution in [-0.4, -0.2) is 59.8 Å². The molecular weight excluding hydrogens is 203 g/mol. The molecular formula is C4H9AsO5. The van der Waals surface area contributed by atoms with Gasteiger partial charge in [-0.3, -0.25) is 0 Å². The molecule has 5 nitrogen and oxygen atoms in total. The Bertz CT molecular complexity index is 108. The molecule has 10 heavy (non-hydrogen) atoms. The molecule has 0 spiro atoms. The topological polar surface area (TPSA) is 98.0 Å². The van der Waals surface area contributed by atoms with E-state index in [2.05, 4.69) is 0 Å². The van der Waals surface area contributed by atoms with Gasteiger partial charge in [0.1, 0.15) is 0 Å². The molecule has 0 rings (SSSR count). The van der Waals surface area contributed by atoms with Gasteiger partial charge in [-0.1, -0.05) is 0 Å². The van der Waals surface area contributed by atoms with Gasteiger partial charge in [0.05, 0.1) is 0 Å². The molecule has 6 heteroatoms. The van der Waals surface area contributed by atoms with E-state index in [1.54, 1.807) is 0 Å². The molecule has 0 bridgehead atoms. The summed E-state index contributed by atoms with van der Waals surface area (Å²) in [5.74, 6) is 0. The third-order valence-corrected chi connectivity index (χ3v) is 2.09. The first-order valence-corrected chi connectivity index (χ1v) is 4.46. The molecule has 0 heterocycles. The quantitative estimate of drug-likeness (QED) is 0.374. The maximum absolute atomic E-state index is 9.98. The van der Waals surface area contributed by atoms with E-state index in [4.69, 9.17) is 20.4 Å². The number of aliphatic hydroxyl groups excluding tert-OH is 4. The first kappa shape index (κ1) is 10.2. The molecule has 0 saturated carbocycles. The third-order valence-electron chi connectivity index (χ3n) is 0.995. The van der Waals surface area contributed by atoms with Crippen molar-refractivity contribution in [3.8, 4) is 0 Å². The van der Waals surface area contributed by atoms with Crippen LogP contribution in [0.4, 0.5) is 0 Å². The molecule has 0 aliphatic heterocycles. The average molecular weight is 212 g/mol. The van der Waals surface area contributed by atoms with Crippen molar-refractivity contribution < 1.29 is 24.2 Å². The molecule has 4 N–H and O–H groups in total. The first-order chi connectivity index (χ1) is 4.63. The second kappa shape index (κ2) is 4.93. The maximum atomic E-state index is 9.98. The van der Waals surface area contributed by atoms with Crippen LogP contribution < -0.4 is 0 Å². The van der Waals surface area contributed by atoms with Crippen molar-refractivity contribution in [3.63, 3.8) is 0 Å². The van der Waals surface area contributed by atoms with E-state index in [-0.39, 0.29) is 0 Å². The van der Waals surface area contributed by atoms with Crippen LogP contribution in [0.3, 0.4) is 0 Å². The minimum atomic E-state index is -1.62. The van der Waals surface area contributed by atoms with Crippen LogP contribution in [0.15, 0.2) is 0 Å². The van der Waals surface area contributed by atoms with E-state index in [1.807, 2.05) is 0 Å². The molecule has 0 aromatic heterocycles. The van der Waals surface area contributed by atoms with Crippen molar-refractivity contribution in [2.75, 3.05) is 6.61 Å². The molecule has 0 aromatic carbocycles. The molecule has 0 unspecified atom stereocenters. The number of hydrogen-bond donors (Lipinski definition) is 4. The average Bonchev–Trinajstić information content (AvgIpc) is 2.00. The Morgan fingerprint density at radius 3 is 2.10 bits per heavy atom. The summed E-state index contributed by atoms with van der Waals surface area (Å²) in [7, 11) is 0. The minimum absolute atomic E-state index is 0.653. The second-order valence-electron chi connectivity index (χ2n) is 1.76. The third kappa shape index (κ3) is 2.85. The number of rotatable bonds is 4. The van der Waals surface area contributed by atoms with E-state index in [0.29, 0.717) is 0 Å². The zero-order valence-electron chi connectivity index (χ0n) is 5.08. The summed E-state index contributed by atoms with van der Waals surface area (Å²) in [6.07, 6.45) is -2.93. The normalized spacial score (nSPS) is 20.4. The number of aliphatic hydroxyl groups is 4. The van der Waals surface area contributed by atoms with Crippen LogP contribution in [0.25, 0.3) is 0 Å². The van der Waals surface area contributed by atoms with Crippen molar-refractivity contribution in [1.82, 2.24) is 0 Å². The Labute approximate surface area is 64.2 Å². The van der Waals surface area contributed by atoms with Crippen molar-refractivity contribution in [2.45, 2.75) is 17.1 Å². The Balaban J connectivity index is 3.80. The van der Waals surface area contributed by atoms with E-state index in [9.17, 15) is 3.74 Å². The van der Waals surface area contributed by atoms with Gasteiger partial charge in [0.2, 0.25) is 0 Å². The SMILES string of the molecule is O=[As][C@H](O)[C@@H](O)[C@@H](O)CO. The summed E-state index contributed by atoms with van der Waals surface area (Å²) in [6, 6.07) is 0. The second-order valence-corrected chi connectivity index (χ2v) is 3.31. The molecule has 0 saturated heterocycles. The molecule has 0 amide bonds. The zero-order chi connectivity index (χ0) is 8.15. The molecule has 0 aromatic rings. The fraction of sp³-hybridized carbons (Fsp3) is 1.00. The molecule has 0 aliphatic carbocycles. The Morgan fingerprint density at radius 1 is 1.30 bits per heavy atom. The summed E-state index contributed by atoms with van der Waals surface area (Å²) in [5.41, 5.74) is 0. The predicted octanol–water partition coefficient (Wildman–Crippen LogP) is -2.93. The van der Waals surface area contributed by atoms with Gasteiger partial charge in [0.15, 0.2) is 0 Å².